The van der Waals surface area contributed by atoms with Crippen molar-refractivity contribution in [1.82, 2.24) is 10.1 Å². The van der Waals surface area contributed by atoms with Crippen LogP contribution in [0, 0.1) is 0 Å². The molecular formula is C25H25Cl2N3O2. The highest BCUT2D eigenvalue weighted by molar-refractivity contribution is 6.39. The summed E-state index contributed by atoms with van der Waals surface area (Å²) < 4.78 is 5.80. The lowest BCUT2D eigenvalue weighted by Gasteiger charge is -2.36. The van der Waals surface area contributed by atoms with Crippen LogP contribution in [0.5, 0.6) is 0 Å². The smallest absolute Gasteiger partial charge is 0.150 e. The summed E-state index contributed by atoms with van der Waals surface area (Å²) in [6.07, 6.45) is 4.05. The molecule has 0 amide bonds. The van der Waals surface area contributed by atoms with Crippen LogP contribution in [0.15, 0.2) is 47.0 Å². The maximum Gasteiger partial charge on any atom is 0.150 e. The molecule has 0 bridgehead atoms. The van der Waals surface area contributed by atoms with Crippen molar-refractivity contribution in [3.63, 3.8) is 0 Å². The number of aromatic nitrogens is 1. The highest BCUT2D eigenvalue weighted by Crippen LogP contribution is 2.46. The number of hydrogen-bond acceptors (Lipinski definition) is 5. The van der Waals surface area contributed by atoms with E-state index >= 15 is 0 Å². The first-order chi connectivity index (χ1) is 15.6. The number of rotatable bonds is 7. The van der Waals surface area contributed by atoms with E-state index in [0.717, 1.165) is 80.9 Å². The summed E-state index contributed by atoms with van der Waals surface area (Å²) in [6.45, 7) is 4.84. The molecule has 0 atom stereocenters. The largest absolute Gasteiger partial charge is 0.369 e. The Balaban J connectivity index is 1.27. The first-order valence-electron chi connectivity index (χ1n) is 11.1. The minimum absolute atomic E-state index is 0.471. The Morgan fingerprint density at radius 3 is 2.31 bits per heavy atom. The predicted octanol–water partition coefficient (Wildman–Crippen LogP) is 5.70. The average Bonchev–Trinajstić information content (AvgIpc) is 3.58. The van der Waals surface area contributed by atoms with Gasteiger partial charge >= 0.3 is 0 Å². The van der Waals surface area contributed by atoms with Crippen LogP contribution in [0.25, 0.3) is 11.3 Å². The van der Waals surface area contributed by atoms with Crippen LogP contribution in [0.2, 0.25) is 10.0 Å². The van der Waals surface area contributed by atoms with Gasteiger partial charge in [-0.15, -0.1) is 0 Å². The first-order valence-corrected chi connectivity index (χ1v) is 11.8. The molecule has 2 aliphatic rings. The van der Waals surface area contributed by atoms with Gasteiger partial charge in [0.1, 0.15) is 17.7 Å². The minimum atomic E-state index is 0.471. The van der Waals surface area contributed by atoms with Gasteiger partial charge in [-0.25, -0.2) is 0 Å². The molecule has 2 aromatic carbocycles. The van der Waals surface area contributed by atoms with E-state index in [1.165, 1.54) is 5.69 Å². The standard InChI is InChI=1S/C25H25Cl2N3O2/c26-21-2-1-3-22(27)23(21)24-20(25(32-28-24)18-6-7-18)10-11-29-12-14-30(15-13-29)19-8-4-17(16-31)5-9-19/h1-5,8-9,16,18H,6-7,10-15H2. The molecule has 1 saturated carbocycles. The highest BCUT2D eigenvalue weighted by Gasteiger charge is 2.33. The van der Waals surface area contributed by atoms with Crippen LogP contribution in [0.3, 0.4) is 0 Å². The highest BCUT2D eigenvalue weighted by atomic mass is 35.5. The third kappa shape index (κ3) is 4.42. The quantitative estimate of drug-likeness (QED) is 0.415. The number of halogens is 2. The second kappa shape index (κ2) is 9.26. The van der Waals surface area contributed by atoms with Gasteiger partial charge in [0.05, 0.1) is 10.0 Å². The van der Waals surface area contributed by atoms with E-state index in [-0.39, 0.29) is 0 Å². The number of benzene rings is 2. The third-order valence-electron chi connectivity index (χ3n) is 6.41. The summed E-state index contributed by atoms with van der Waals surface area (Å²) in [7, 11) is 0. The van der Waals surface area contributed by atoms with Gasteiger partial charge in [0.25, 0.3) is 0 Å². The fraction of sp³-hybridized carbons (Fsp3) is 0.360. The summed E-state index contributed by atoms with van der Waals surface area (Å²) in [5.74, 6) is 1.48. The van der Waals surface area contributed by atoms with Gasteiger partial charge in [0, 0.05) is 61.0 Å². The van der Waals surface area contributed by atoms with Gasteiger partial charge in [-0.1, -0.05) is 34.4 Å². The maximum absolute atomic E-state index is 10.9. The number of nitrogens with zero attached hydrogens (tertiary/aromatic N) is 3. The molecule has 0 spiro atoms. The summed E-state index contributed by atoms with van der Waals surface area (Å²) in [5, 5.41) is 5.60. The molecule has 166 valence electrons. The van der Waals surface area contributed by atoms with E-state index < -0.39 is 0 Å². The Labute approximate surface area is 197 Å². The molecule has 0 radical (unpaired) electrons. The number of piperazine rings is 1. The molecule has 1 aromatic heterocycles. The van der Waals surface area contributed by atoms with Crippen molar-refractivity contribution in [2.75, 3.05) is 37.6 Å². The maximum atomic E-state index is 10.9. The summed E-state index contributed by atoms with van der Waals surface area (Å²) in [6, 6.07) is 13.3. The van der Waals surface area contributed by atoms with Crippen molar-refractivity contribution in [2.45, 2.75) is 25.2 Å². The molecule has 2 fully saturated rings. The normalized spacial score (nSPS) is 17.0. The molecular weight excluding hydrogens is 445 g/mol. The summed E-state index contributed by atoms with van der Waals surface area (Å²) >= 11 is 13.0. The topological polar surface area (TPSA) is 49.6 Å². The van der Waals surface area contributed by atoms with Crippen LogP contribution in [-0.2, 0) is 6.42 Å². The zero-order chi connectivity index (χ0) is 22.1. The van der Waals surface area contributed by atoms with Crippen molar-refractivity contribution < 1.29 is 9.32 Å². The van der Waals surface area contributed by atoms with Crippen LogP contribution in [0.4, 0.5) is 5.69 Å². The molecule has 1 saturated heterocycles. The summed E-state index contributed by atoms with van der Waals surface area (Å²) in [5.41, 5.74) is 4.58. The first kappa shape index (κ1) is 21.5. The third-order valence-corrected chi connectivity index (χ3v) is 7.04. The number of carbonyl (C=O) groups is 1. The van der Waals surface area contributed by atoms with Gasteiger partial charge in [0.15, 0.2) is 0 Å². The molecule has 2 heterocycles. The number of aldehydes is 1. The van der Waals surface area contributed by atoms with Gasteiger partial charge in [-0.3, -0.25) is 9.69 Å². The van der Waals surface area contributed by atoms with Crippen LogP contribution in [-0.4, -0.2) is 49.1 Å². The lowest BCUT2D eigenvalue weighted by Crippen LogP contribution is -2.47. The molecule has 3 aromatic rings. The lowest BCUT2D eigenvalue weighted by atomic mass is 10.0. The second-order valence-electron chi connectivity index (χ2n) is 8.53. The fourth-order valence-electron chi connectivity index (χ4n) is 4.41. The zero-order valence-corrected chi connectivity index (χ0v) is 19.3. The molecule has 1 aliphatic heterocycles. The van der Waals surface area contributed by atoms with Crippen molar-refractivity contribution >= 4 is 35.2 Å². The van der Waals surface area contributed by atoms with Gasteiger partial charge in [-0.05, 0) is 55.7 Å². The molecule has 5 nitrogen and oxygen atoms in total. The average molecular weight is 470 g/mol. The Kier molecular flexibility index (Phi) is 6.22. The van der Waals surface area contributed by atoms with E-state index in [1.54, 1.807) is 0 Å². The Hall–Kier alpha value is -2.34. The Bertz CT molecular complexity index is 1080. The fourth-order valence-corrected chi connectivity index (χ4v) is 4.99. The molecule has 7 heteroatoms. The van der Waals surface area contributed by atoms with Crippen LogP contribution in [0.1, 0.15) is 40.4 Å². The van der Waals surface area contributed by atoms with Gasteiger partial charge in [0.2, 0.25) is 0 Å². The van der Waals surface area contributed by atoms with Crippen LogP contribution < -0.4 is 4.90 Å². The van der Waals surface area contributed by atoms with Crippen molar-refractivity contribution in [3.05, 3.63) is 69.4 Å². The molecule has 32 heavy (non-hydrogen) atoms. The number of carbonyl (C=O) groups excluding carboxylic acids is 1. The predicted molar refractivity (Wildman–Crippen MR) is 128 cm³/mol. The number of anilines is 1. The second-order valence-corrected chi connectivity index (χ2v) is 9.35. The lowest BCUT2D eigenvalue weighted by molar-refractivity contribution is 0.112. The van der Waals surface area contributed by atoms with E-state index in [1.807, 2.05) is 42.5 Å². The molecule has 1 aliphatic carbocycles. The van der Waals surface area contributed by atoms with Crippen LogP contribution >= 0.6 is 23.2 Å². The monoisotopic (exact) mass is 469 g/mol. The van der Waals surface area contributed by atoms with Crippen molar-refractivity contribution in [3.8, 4) is 11.3 Å². The Morgan fingerprint density at radius 1 is 1.00 bits per heavy atom. The Morgan fingerprint density at radius 2 is 1.69 bits per heavy atom. The zero-order valence-electron chi connectivity index (χ0n) is 17.8. The SMILES string of the molecule is O=Cc1ccc(N2CCN(CCc3c(-c4c(Cl)cccc4Cl)noc3C3CC3)CC2)cc1. The van der Waals surface area contributed by atoms with Gasteiger partial charge in [-0.2, -0.15) is 0 Å². The van der Waals surface area contributed by atoms with Gasteiger partial charge < -0.3 is 9.42 Å². The van der Waals surface area contributed by atoms with E-state index in [9.17, 15) is 4.79 Å². The summed E-state index contributed by atoms with van der Waals surface area (Å²) in [4.78, 5) is 15.7. The number of hydrogen-bond donors (Lipinski definition) is 0. The molecule has 0 unspecified atom stereocenters. The van der Waals surface area contributed by atoms with E-state index in [0.29, 0.717) is 21.5 Å². The minimum Gasteiger partial charge on any atom is -0.369 e. The molecule has 5 rings (SSSR count). The van der Waals surface area contributed by atoms with Crippen molar-refractivity contribution in [1.29, 1.82) is 0 Å². The van der Waals surface area contributed by atoms with E-state index in [4.69, 9.17) is 27.7 Å². The molecule has 0 N–H and O–H groups in total. The van der Waals surface area contributed by atoms with E-state index in [2.05, 4.69) is 15.0 Å². The van der Waals surface area contributed by atoms with Crippen molar-refractivity contribution in [2.24, 2.45) is 0 Å².